The van der Waals surface area contributed by atoms with Crippen molar-refractivity contribution in [2.45, 2.75) is 19.4 Å². The summed E-state index contributed by atoms with van der Waals surface area (Å²) in [6, 6.07) is 12.7. The molecule has 2 rings (SSSR count). The highest BCUT2D eigenvalue weighted by molar-refractivity contribution is 5.97. The minimum Gasteiger partial charge on any atom is -0.497 e. The predicted octanol–water partition coefficient (Wildman–Crippen LogP) is 3.11. The third kappa shape index (κ3) is 5.21. The van der Waals surface area contributed by atoms with Gasteiger partial charge in [0, 0.05) is 24.9 Å². The molecular formula is C18H18FNO3. The van der Waals surface area contributed by atoms with Crippen molar-refractivity contribution in [2.75, 3.05) is 7.11 Å². The zero-order chi connectivity index (χ0) is 16.7. The van der Waals surface area contributed by atoms with Gasteiger partial charge in [-0.2, -0.15) is 0 Å². The smallest absolute Gasteiger partial charge is 0.220 e. The van der Waals surface area contributed by atoms with Crippen LogP contribution in [0.25, 0.3) is 0 Å². The lowest BCUT2D eigenvalue weighted by Gasteiger charge is -2.07. The van der Waals surface area contributed by atoms with Crippen molar-refractivity contribution in [1.82, 2.24) is 5.32 Å². The summed E-state index contributed by atoms with van der Waals surface area (Å²) in [6.45, 7) is 0.376. The van der Waals surface area contributed by atoms with Crippen molar-refractivity contribution in [2.24, 2.45) is 0 Å². The van der Waals surface area contributed by atoms with E-state index in [-0.39, 0.29) is 24.5 Å². The van der Waals surface area contributed by atoms with Crippen LogP contribution in [0.3, 0.4) is 0 Å². The Morgan fingerprint density at radius 1 is 1.09 bits per heavy atom. The van der Waals surface area contributed by atoms with E-state index in [1.54, 1.807) is 7.11 Å². The maximum atomic E-state index is 12.8. The molecule has 0 radical (unpaired) electrons. The van der Waals surface area contributed by atoms with E-state index in [0.29, 0.717) is 12.1 Å². The fraction of sp³-hybridized carbons (Fsp3) is 0.222. The molecule has 0 aliphatic rings. The number of carbonyl (C=O) groups is 2. The minimum absolute atomic E-state index is 0.0928. The molecular weight excluding hydrogens is 297 g/mol. The number of benzene rings is 2. The number of halogens is 1. The van der Waals surface area contributed by atoms with Crippen LogP contribution in [0.5, 0.6) is 5.75 Å². The molecule has 0 saturated heterocycles. The number of hydrogen-bond acceptors (Lipinski definition) is 3. The average molecular weight is 315 g/mol. The van der Waals surface area contributed by atoms with Gasteiger partial charge in [-0.05, 0) is 42.0 Å². The van der Waals surface area contributed by atoms with Gasteiger partial charge in [0.2, 0.25) is 5.91 Å². The first-order valence-corrected chi connectivity index (χ1v) is 7.27. The fourth-order valence-corrected chi connectivity index (χ4v) is 2.08. The molecule has 0 atom stereocenters. The number of hydrogen-bond donors (Lipinski definition) is 1. The Hall–Kier alpha value is -2.69. The van der Waals surface area contributed by atoms with Gasteiger partial charge >= 0.3 is 0 Å². The topological polar surface area (TPSA) is 55.4 Å². The van der Waals surface area contributed by atoms with Gasteiger partial charge < -0.3 is 10.1 Å². The van der Waals surface area contributed by atoms with Crippen molar-refractivity contribution in [3.05, 3.63) is 65.5 Å². The van der Waals surface area contributed by atoms with Gasteiger partial charge in [0.25, 0.3) is 0 Å². The predicted molar refractivity (Wildman–Crippen MR) is 84.8 cm³/mol. The molecule has 1 N–H and O–H groups in total. The molecule has 0 aliphatic heterocycles. The number of methoxy groups -OCH3 is 1. The van der Waals surface area contributed by atoms with Crippen LogP contribution in [-0.4, -0.2) is 18.8 Å². The van der Waals surface area contributed by atoms with E-state index in [9.17, 15) is 14.0 Å². The molecule has 0 heterocycles. The second kappa shape index (κ2) is 8.08. The van der Waals surface area contributed by atoms with Crippen molar-refractivity contribution < 1.29 is 18.7 Å². The molecule has 0 fully saturated rings. The van der Waals surface area contributed by atoms with Crippen LogP contribution < -0.4 is 10.1 Å². The second-order valence-corrected chi connectivity index (χ2v) is 5.06. The lowest BCUT2D eigenvalue weighted by molar-refractivity contribution is -0.121. The van der Waals surface area contributed by atoms with Gasteiger partial charge in [-0.25, -0.2) is 4.39 Å². The third-order valence-corrected chi connectivity index (χ3v) is 3.37. The Bertz CT molecular complexity index is 683. The molecule has 0 unspecified atom stereocenters. The molecule has 2 aromatic carbocycles. The largest absolute Gasteiger partial charge is 0.497 e. The highest BCUT2D eigenvalue weighted by Crippen LogP contribution is 2.12. The summed E-state index contributed by atoms with van der Waals surface area (Å²) in [4.78, 5) is 23.7. The first-order chi connectivity index (χ1) is 11.1. The van der Waals surface area contributed by atoms with Crippen LogP contribution in [0.2, 0.25) is 0 Å². The first-order valence-electron chi connectivity index (χ1n) is 7.27. The van der Waals surface area contributed by atoms with E-state index >= 15 is 0 Å². The van der Waals surface area contributed by atoms with Gasteiger partial charge in [0.1, 0.15) is 11.6 Å². The monoisotopic (exact) mass is 315 g/mol. The normalized spacial score (nSPS) is 10.2. The Morgan fingerprint density at radius 2 is 1.83 bits per heavy atom. The third-order valence-electron chi connectivity index (χ3n) is 3.37. The molecule has 4 nitrogen and oxygen atoms in total. The molecule has 0 aliphatic carbocycles. The van der Waals surface area contributed by atoms with Crippen LogP contribution in [0.1, 0.15) is 28.8 Å². The Morgan fingerprint density at radius 3 is 2.52 bits per heavy atom. The van der Waals surface area contributed by atoms with E-state index in [0.717, 1.165) is 11.3 Å². The number of ether oxygens (including phenoxy) is 1. The molecule has 0 bridgehead atoms. The van der Waals surface area contributed by atoms with Crippen molar-refractivity contribution in [3.63, 3.8) is 0 Å². The number of nitrogens with one attached hydrogen (secondary N) is 1. The molecule has 2 aromatic rings. The van der Waals surface area contributed by atoms with Gasteiger partial charge in [0.15, 0.2) is 5.78 Å². The molecule has 0 aromatic heterocycles. The van der Waals surface area contributed by atoms with Gasteiger partial charge in [-0.3, -0.25) is 9.59 Å². The summed E-state index contributed by atoms with van der Waals surface area (Å²) in [7, 11) is 1.58. The summed E-state index contributed by atoms with van der Waals surface area (Å²) in [6.07, 6.45) is 0.190. The molecule has 23 heavy (non-hydrogen) atoms. The SMILES string of the molecule is COc1cccc(CNC(=O)CCC(=O)c2ccc(F)cc2)c1. The Labute approximate surface area is 134 Å². The number of carbonyl (C=O) groups excluding carboxylic acids is 2. The summed E-state index contributed by atoms with van der Waals surface area (Å²) in [5, 5.41) is 2.76. The molecule has 0 spiro atoms. The van der Waals surface area contributed by atoms with E-state index in [2.05, 4.69) is 5.32 Å². The van der Waals surface area contributed by atoms with Crippen molar-refractivity contribution in [3.8, 4) is 5.75 Å². The highest BCUT2D eigenvalue weighted by atomic mass is 19.1. The second-order valence-electron chi connectivity index (χ2n) is 5.06. The van der Waals surface area contributed by atoms with Crippen molar-refractivity contribution >= 4 is 11.7 Å². The number of ketones is 1. The molecule has 0 saturated carbocycles. The zero-order valence-corrected chi connectivity index (χ0v) is 12.8. The number of rotatable bonds is 7. The summed E-state index contributed by atoms with van der Waals surface area (Å²) in [5.74, 6) is -0.0503. The van der Waals surface area contributed by atoms with E-state index in [1.165, 1.54) is 24.3 Å². The quantitative estimate of drug-likeness (QED) is 0.799. The fourth-order valence-electron chi connectivity index (χ4n) is 2.08. The van der Waals surface area contributed by atoms with Crippen LogP contribution in [0.4, 0.5) is 4.39 Å². The number of Topliss-reactive ketones (excluding diaryl/α,β-unsaturated/α-hetero) is 1. The van der Waals surface area contributed by atoms with Crippen molar-refractivity contribution in [1.29, 1.82) is 0 Å². The Balaban J connectivity index is 1.78. The number of amides is 1. The van der Waals surface area contributed by atoms with Crippen LogP contribution in [-0.2, 0) is 11.3 Å². The zero-order valence-electron chi connectivity index (χ0n) is 12.8. The van der Waals surface area contributed by atoms with Gasteiger partial charge in [-0.15, -0.1) is 0 Å². The van der Waals surface area contributed by atoms with E-state index < -0.39 is 5.82 Å². The standard InChI is InChI=1S/C18H18FNO3/c1-23-16-4-2-3-13(11-16)12-20-18(22)10-9-17(21)14-5-7-15(19)8-6-14/h2-8,11H,9-10,12H2,1H3,(H,20,22). The average Bonchev–Trinajstić information content (AvgIpc) is 2.58. The van der Waals surface area contributed by atoms with Crippen LogP contribution >= 0.6 is 0 Å². The summed E-state index contributed by atoms with van der Waals surface area (Å²) in [5.41, 5.74) is 1.33. The molecule has 1 amide bonds. The minimum atomic E-state index is -0.391. The van der Waals surface area contributed by atoms with Crippen LogP contribution in [0.15, 0.2) is 48.5 Å². The first kappa shape index (κ1) is 16.7. The van der Waals surface area contributed by atoms with E-state index in [4.69, 9.17) is 4.74 Å². The maximum Gasteiger partial charge on any atom is 0.220 e. The van der Waals surface area contributed by atoms with Gasteiger partial charge in [0.05, 0.1) is 7.11 Å². The molecule has 120 valence electrons. The van der Waals surface area contributed by atoms with Crippen LogP contribution in [0, 0.1) is 5.82 Å². The molecule has 5 heteroatoms. The van der Waals surface area contributed by atoms with Gasteiger partial charge in [-0.1, -0.05) is 12.1 Å². The van der Waals surface area contributed by atoms with E-state index in [1.807, 2.05) is 24.3 Å². The summed E-state index contributed by atoms with van der Waals surface area (Å²) >= 11 is 0. The Kier molecular flexibility index (Phi) is 5.86. The highest BCUT2D eigenvalue weighted by Gasteiger charge is 2.09. The summed E-state index contributed by atoms with van der Waals surface area (Å²) < 4.78 is 17.9. The lowest BCUT2D eigenvalue weighted by Crippen LogP contribution is -2.23. The lowest BCUT2D eigenvalue weighted by atomic mass is 10.1. The maximum absolute atomic E-state index is 12.8.